The molecule has 3 heteroatoms. The van der Waals surface area contributed by atoms with Crippen molar-refractivity contribution in [3.8, 4) is 0 Å². The first kappa shape index (κ1) is 14.6. The molecule has 0 amide bonds. The Morgan fingerprint density at radius 1 is 1.33 bits per heavy atom. The molecule has 1 aromatic heterocycles. The van der Waals surface area contributed by atoms with E-state index in [9.17, 15) is 0 Å². The molecular weight excluding hydrogens is 280 g/mol. The number of benzene rings is 1. The molecule has 1 unspecified atom stereocenters. The van der Waals surface area contributed by atoms with E-state index in [4.69, 9.17) is 11.6 Å². The first-order valence-corrected chi connectivity index (χ1v) is 7.79. The van der Waals surface area contributed by atoms with Crippen LogP contribution in [0.2, 0.25) is 5.02 Å². The minimum atomic E-state index is 0.184. The van der Waals surface area contributed by atoms with Crippen LogP contribution < -0.4 is 5.32 Å². The van der Waals surface area contributed by atoms with Crippen LogP contribution in [0.1, 0.15) is 49.5 Å². The van der Waals surface area contributed by atoms with E-state index in [2.05, 4.69) is 49.3 Å². The minimum absolute atomic E-state index is 0.184. The number of pyridine rings is 1. The summed E-state index contributed by atoms with van der Waals surface area (Å²) >= 11 is 6.20. The molecule has 0 saturated heterocycles. The molecule has 1 aliphatic rings. The van der Waals surface area contributed by atoms with Gasteiger partial charge in [-0.25, -0.2) is 0 Å². The Hall–Kier alpha value is -1.38. The summed E-state index contributed by atoms with van der Waals surface area (Å²) in [6, 6.07) is 10.9. The molecule has 2 atom stereocenters. The molecule has 1 aliphatic carbocycles. The fourth-order valence-electron chi connectivity index (χ4n) is 3.30. The molecule has 21 heavy (non-hydrogen) atoms. The van der Waals surface area contributed by atoms with Gasteiger partial charge in [-0.05, 0) is 53.6 Å². The lowest BCUT2D eigenvalue weighted by Crippen LogP contribution is -2.33. The van der Waals surface area contributed by atoms with Gasteiger partial charge in [0.15, 0.2) is 0 Å². The Morgan fingerprint density at radius 3 is 2.86 bits per heavy atom. The van der Waals surface area contributed by atoms with E-state index < -0.39 is 0 Å². The lowest BCUT2D eigenvalue weighted by atomic mass is 9.84. The quantitative estimate of drug-likeness (QED) is 0.888. The number of aromatic nitrogens is 1. The summed E-state index contributed by atoms with van der Waals surface area (Å²) in [5.74, 6) is 0. The summed E-state index contributed by atoms with van der Waals surface area (Å²) in [6.07, 6.45) is 4.82. The molecule has 0 aliphatic heterocycles. The molecule has 2 aromatic rings. The van der Waals surface area contributed by atoms with Gasteiger partial charge in [0, 0.05) is 29.5 Å². The lowest BCUT2D eigenvalue weighted by Gasteiger charge is -2.31. The fourth-order valence-corrected chi connectivity index (χ4v) is 3.48. The van der Waals surface area contributed by atoms with Crippen LogP contribution in [0, 0.1) is 5.41 Å². The van der Waals surface area contributed by atoms with Crippen molar-refractivity contribution >= 4 is 11.6 Å². The minimum Gasteiger partial charge on any atom is -0.303 e. The van der Waals surface area contributed by atoms with Gasteiger partial charge in [0.25, 0.3) is 0 Å². The zero-order valence-corrected chi connectivity index (χ0v) is 13.5. The predicted molar refractivity (Wildman–Crippen MR) is 87.5 cm³/mol. The maximum absolute atomic E-state index is 6.20. The van der Waals surface area contributed by atoms with Gasteiger partial charge in [-0.15, -0.1) is 0 Å². The Kier molecular flexibility index (Phi) is 3.76. The second-order valence-corrected chi connectivity index (χ2v) is 7.05. The highest BCUT2D eigenvalue weighted by Gasteiger charge is 2.39. The predicted octanol–water partition coefficient (Wildman–Crippen LogP) is 4.71. The van der Waals surface area contributed by atoms with Crippen molar-refractivity contribution in [1.29, 1.82) is 0 Å². The molecule has 0 radical (unpaired) electrons. The molecular formula is C18H21ClN2. The second-order valence-electron chi connectivity index (χ2n) is 6.62. The standard InChI is InChI=1S/C18H21ClN2/c1-12(14-5-4-8-20-11-14)21-17-16-9-15(19)7-6-13(16)10-18(17,2)3/h4-9,11-12,17,21H,10H2,1-3H3/t12-,17?/m0/s1. The van der Waals surface area contributed by atoms with E-state index in [1.54, 1.807) is 0 Å². The smallest absolute Gasteiger partial charge is 0.0409 e. The number of rotatable bonds is 3. The lowest BCUT2D eigenvalue weighted by molar-refractivity contribution is 0.252. The second kappa shape index (κ2) is 5.43. The number of nitrogens with one attached hydrogen (secondary N) is 1. The highest BCUT2D eigenvalue weighted by atomic mass is 35.5. The van der Waals surface area contributed by atoms with E-state index in [-0.39, 0.29) is 11.5 Å². The van der Waals surface area contributed by atoms with Crippen molar-refractivity contribution in [3.05, 3.63) is 64.4 Å². The van der Waals surface area contributed by atoms with Crippen LogP contribution in [0.3, 0.4) is 0 Å². The first-order chi connectivity index (χ1) is 9.97. The van der Waals surface area contributed by atoms with Gasteiger partial charge in [0.1, 0.15) is 0 Å². The van der Waals surface area contributed by atoms with Crippen LogP contribution >= 0.6 is 11.6 Å². The SMILES string of the molecule is C[C@H](NC1c2cc(Cl)ccc2CC1(C)C)c1cccnc1. The van der Waals surface area contributed by atoms with Crippen molar-refractivity contribution < 1.29 is 0 Å². The molecule has 1 N–H and O–H groups in total. The van der Waals surface area contributed by atoms with Crippen molar-refractivity contribution in [3.63, 3.8) is 0 Å². The van der Waals surface area contributed by atoms with Crippen molar-refractivity contribution in [2.45, 2.75) is 39.3 Å². The van der Waals surface area contributed by atoms with Gasteiger partial charge in [-0.3, -0.25) is 4.98 Å². The molecule has 1 heterocycles. The molecule has 0 fully saturated rings. The molecule has 3 rings (SSSR count). The third-order valence-electron chi connectivity index (χ3n) is 4.45. The summed E-state index contributed by atoms with van der Waals surface area (Å²) in [4.78, 5) is 4.21. The maximum atomic E-state index is 6.20. The molecule has 110 valence electrons. The topological polar surface area (TPSA) is 24.9 Å². The van der Waals surface area contributed by atoms with Crippen LogP contribution in [-0.2, 0) is 6.42 Å². The zero-order chi connectivity index (χ0) is 15.0. The van der Waals surface area contributed by atoms with E-state index in [0.29, 0.717) is 6.04 Å². The third kappa shape index (κ3) is 2.83. The van der Waals surface area contributed by atoms with Gasteiger partial charge in [-0.1, -0.05) is 37.6 Å². The summed E-state index contributed by atoms with van der Waals surface area (Å²) in [7, 11) is 0. The number of halogens is 1. The molecule has 0 spiro atoms. The van der Waals surface area contributed by atoms with E-state index in [1.165, 1.54) is 16.7 Å². The Bertz CT molecular complexity index is 637. The van der Waals surface area contributed by atoms with Crippen molar-refractivity contribution in [2.24, 2.45) is 5.41 Å². The monoisotopic (exact) mass is 300 g/mol. The summed E-state index contributed by atoms with van der Waals surface area (Å²) in [5, 5.41) is 4.58. The largest absolute Gasteiger partial charge is 0.303 e. The van der Waals surface area contributed by atoms with Crippen LogP contribution in [0.5, 0.6) is 0 Å². The molecule has 2 nitrogen and oxygen atoms in total. The third-order valence-corrected chi connectivity index (χ3v) is 4.68. The van der Waals surface area contributed by atoms with Gasteiger partial charge in [0.05, 0.1) is 0 Å². The fraction of sp³-hybridized carbons (Fsp3) is 0.389. The number of fused-ring (bicyclic) bond motifs is 1. The van der Waals surface area contributed by atoms with Gasteiger partial charge >= 0.3 is 0 Å². The Labute approximate surface area is 131 Å². The first-order valence-electron chi connectivity index (χ1n) is 7.42. The van der Waals surface area contributed by atoms with Crippen LogP contribution in [0.4, 0.5) is 0 Å². The van der Waals surface area contributed by atoms with E-state index in [0.717, 1.165) is 11.4 Å². The zero-order valence-electron chi connectivity index (χ0n) is 12.7. The summed E-state index contributed by atoms with van der Waals surface area (Å²) in [6.45, 7) is 6.82. The maximum Gasteiger partial charge on any atom is 0.0409 e. The van der Waals surface area contributed by atoms with E-state index >= 15 is 0 Å². The summed E-state index contributed by atoms with van der Waals surface area (Å²) < 4.78 is 0. The number of hydrogen-bond acceptors (Lipinski definition) is 2. The summed E-state index contributed by atoms with van der Waals surface area (Å²) in [5.41, 5.74) is 4.14. The Morgan fingerprint density at radius 2 is 2.14 bits per heavy atom. The van der Waals surface area contributed by atoms with E-state index in [1.807, 2.05) is 24.5 Å². The van der Waals surface area contributed by atoms with Crippen molar-refractivity contribution in [1.82, 2.24) is 10.3 Å². The van der Waals surface area contributed by atoms with Crippen LogP contribution in [0.25, 0.3) is 0 Å². The molecule has 1 aromatic carbocycles. The normalized spacial score (nSPS) is 21.0. The average Bonchev–Trinajstić information content (AvgIpc) is 2.71. The van der Waals surface area contributed by atoms with Crippen molar-refractivity contribution in [2.75, 3.05) is 0 Å². The Balaban J connectivity index is 1.89. The van der Waals surface area contributed by atoms with Gasteiger partial charge in [0.2, 0.25) is 0 Å². The molecule has 0 saturated carbocycles. The number of nitrogens with zero attached hydrogens (tertiary/aromatic N) is 1. The number of hydrogen-bond donors (Lipinski definition) is 1. The average molecular weight is 301 g/mol. The highest BCUT2D eigenvalue weighted by molar-refractivity contribution is 6.30. The van der Waals surface area contributed by atoms with Crippen LogP contribution in [0.15, 0.2) is 42.7 Å². The highest BCUT2D eigenvalue weighted by Crippen LogP contribution is 2.46. The van der Waals surface area contributed by atoms with Gasteiger partial charge in [-0.2, -0.15) is 0 Å². The molecule has 0 bridgehead atoms. The van der Waals surface area contributed by atoms with Gasteiger partial charge < -0.3 is 5.32 Å². The van der Waals surface area contributed by atoms with Crippen LogP contribution in [-0.4, -0.2) is 4.98 Å².